The number of aryl methyl sites for hydroxylation is 1. The predicted octanol–water partition coefficient (Wildman–Crippen LogP) is 1.28. The summed E-state index contributed by atoms with van der Waals surface area (Å²) >= 11 is 0. The van der Waals surface area contributed by atoms with Crippen LogP contribution in [0, 0.1) is 12.7 Å². The Bertz CT molecular complexity index is 4410. The Morgan fingerprint density at radius 3 is 2.11 bits per heavy atom. The zero-order chi connectivity index (χ0) is 73.0. The van der Waals surface area contributed by atoms with Crippen LogP contribution in [-0.4, -0.2) is 166 Å². The number of aliphatic hydroxyl groups is 3. The van der Waals surface area contributed by atoms with Gasteiger partial charge in [-0.1, -0.05) is 85.8 Å². The highest BCUT2D eigenvalue weighted by Crippen LogP contribution is 2.48. The van der Waals surface area contributed by atoms with Crippen molar-refractivity contribution < 1.29 is 86.6 Å². The summed E-state index contributed by atoms with van der Waals surface area (Å²) in [6, 6.07) is 23.5. The van der Waals surface area contributed by atoms with Crippen molar-refractivity contribution in [2.24, 2.45) is 5.73 Å². The maximum absolute atomic E-state index is 15.6. The Hall–Kier alpha value is -10.5. The highest BCUT2D eigenvalue weighted by Gasteiger charge is 2.48. The summed E-state index contributed by atoms with van der Waals surface area (Å²) in [6.45, 7) is 0.316. The van der Waals surface area contributed by atoms with Crippen molar-refractivity contribution in [3.63, 3.8) is 0 Å². The molecule has 3 aliphatic carbocycles. The molecule has 2 aromatic heterocycles. The van der Waals surface area contributed by atoms with Gasteiger partial charge in [0.25, 0.3) is 5.56 Å². The first kappa shape index (κ1) is 72.3. The van der Waals surface area contributed by atoms with Crippen molar-refractivity contribution >= 4 is 70.2 Å². The summed E-state index contributed by atoms with van der Waals surface area (Å²) in [5, 5.41) is 53.7. The summed E-state index contributed by atoms with van der Waals surface area (Å²) in [5.74, 6) is -7.49. The van der Waals surface area contributed by atoms with E-state index in [9.17, 15) is 68.1 Å². The molecule has 29 nitrogen and oxygen atoms in total. The first-order chi connectivity index (χ1) is 49.4. The zero-order valence-corrected chi connectivity index (χ0v) is 56.5. The third-order valence-corrected chi connectivity index (χ3v) is 20.3. The van der Waals surface area contributed by atoms with Gasteiger partial charge in [0.1, 0.15) is 56.2 Å². The largest absolute Gasteiger partial charge is 0.458 e. The first-order valence-electron chi connectivity index (χ1n) is 34.3. The van der Waals surface area contributed by atoms with E-state index in [1.54, 1.807) is 50.2 Å². The summed E-state index contributed by atoms with van der Waals surface area (Å²) < 4.78 is 39.8. The maximum atomic E-state index is 15.6. The normalized spacial score (nSPS) is 20.6. The number of carbonyl (C=O) groups excluding carboxylic acids is 10. The number of rotatable bonds is 28. The van der Waals surface area contributed by atoms with Gasteiger partial charge in [-0.05, 0) is 102 Å². The van der Waals surface area contributed by atoms with E-state index in [2.05, 4.69) is 42.5 Å². The van der Waals surface area contributed by atoms with Gasteiger partial charge in [0.15, 0.2) is 5.60 Å². The van der Waals surface area contributed by atoms with E-state index in [1.165, 1.54) is 10.6 Å². The summed E-state index contributed by atoms with van der Waals surface area (Å²) in [7, 11) is 0. The van der Waals surface area contributed by atoms with Gasteiger partial charge in [0.05, 0.1) is 79.2 Å². The average Bonchev–Trinajstić information content (AvgIpc) is 1.68. The highest BCUT2D eigenvalue weighted by molar-refractivity contribution is 5.96. The Kier molecular flexibility index (Phi) is 21.5. The van der Waals surface area contributed by atoms with Crippen LogP contribution in [0.25, 0.3) is 33.4 Å². The number of alkyl carbamates (subject to hydrolysis) is 1. The number of amides is 9. The third kappa shape index (κ3) is 15.3. The van der Waals surface area contributed by atoms with Gasteiger partial charge in [-0.3, -0.25) is 43.2 Å². The number of aliphatic hydroxyl groups excluding tert-OH is 2. The van der Waals surface area contributed by atoms with Crippen LogP contribution in [0.3, 0.4) is 0 Å². The number of nitrogens with zero attached hydrogens (tertiary/aromatic N) is 2. The van der Waals surface area contributed by atoms with Crippen molar-refractivity contribution in [2.75, 3.05) is 39.5 Å². The van der Waals surface area contributed by atoms with E-state index in [0.29, 0.717) is 70.2 Å². The van der Waals surface area contributed by atoms with Crippen LogP contribution < -0.4 is 53.8 Å². The van der Waals surface area contributed by atoms with Crippen LogP contribution in [-0.2, 0) is 93.7 Å². The van der Waals surface area contributed by atoms with E-state index in [-0.39, 0.29) is 88.1 Å². The van der Waals surface area contributed by atoms with Crippen molar-refractivity contribution in [3.05, 3.63) is 157 Å². The van der Waals surface area contributed by atoms with Gasteiger partial charge >= 0.3 is 12.1 Å². The molecule has 3 aliphatic heterocycles. The molecule has 0 radical (unpaired) electrons. The van der Waals surface area contributed by atoms with E-state index < -0.39 is 145 Å². The lowest BCUT2D eigenvalue weighted by Gasteiger charge is -2.41. The number of ether oxygens (including phenoxy) is 4. The molecular formula is C73H80FN11O18. The molecule has 0 bridgehead atoms. The monoisotopic (exact) mass is 1420 g/mol. The lowest BCUT2D eigenvalue weighted by molar-refractivity contribution is -0.172. The molecule has 2 fully saturated rings. The van der Waals surface area contributed by atoms with E-state index in [4.69, 9.17) is 29.7 Å². The molecule has 1 saturated heterocycles. The van der Waals surface area contributed by atoms with E-state index in [0.717, 1.165) is 34.2 Å². The van der Waals surface area contributed by atoms with Crippen LogP contribution >= 0.6 is 0 Å². The number of aromatic nitrogens is 2. The second kappa shape index (κ2) is 30.6. The highest BCUT2D eigenvalue weighted by atomic mass is 19.1. The number of benzene rings is 4. The summed E-state index contributed by atoms with van der Waals surface area (Å²) in [5.41, 5.74) is 9.94. The third-order valence-electron chi connectivity index (χ3n) is 20.3. The number of halogens is 1. The second-order valence-electron chi connectivity index (χ2n) is 26.8. The quantitative estimate of drug-likeness (QED) is 0.0243. The summed E-state index contributed by atoms with van der Waals surface area (Å²) in [4.78, 5) is 152. The fourth-order valence-corrected chi connectivity index (χ4v) is 14.6. The number of cyclic esters (lactones) is 1. The molecule has 103 heavy (non-hydrogen) atoms. The van der Waals surface area contributed by atoms with Gasteiger partial charge in [-0.15, -0.1) is 0 Å². The molecule has 13 N–H and O–H groups in total. The molecule has 0 unspecified atom stereocenters. The maximum Gasteiger partial charge on any atom is 0.407 e. The first-order valence-corrected chi connectivity index (χ1v) is 34.3. The second-order valence-corrected chi connectivity index (χ2v) is 26.8. The standard InChI is InChI=1S/C73H80FN11O18/c1-3-73(99)47-25-53-64-44(33-85(53)69(96)46(47)35-100-70(73)97)63-49(19-18-39-37(2)48(74)26-51(83-64)62(39)63)81-58(88)28-72(22-11-23-72)102-36-80-60(90)31-79-68(95)52(24-38-12-5-4-6-13-38)82-61(91)32-77-59(89)30-78-67(94)50(20-21-57(87)76-29-55-66(93)65(92)54(103-55)27-56(75)86)84-71(98)101-34-45-42-16-9-7-14-40(42)41-15-8-10-17-43(41)45/h4-10,12-17,25-26,45,49-50,52,54-55,65-66,92-93,99H,3,11,18-24,27-36H2,1-2H3,(H2,75,86)(H,76,87)(H,77,89)(H,78,94)(H,79,95)(H,80,90)(H,81,88)(H,82,91)(H,84,98)/t49-,50-,52-,54-,55+,65-,66+,73-/m0/s1. The lowest BCUT2D eigenvalue weighted by atomic mass is 9.77. The number of fused-ring (bicyclic) bond motifs is 8. The minimum atomic E-state index is -2.07. The molecule has 9 amide bonds. The van der Waals surface area contributed by atoms with Crippen LogP contribution in [0.5, 0.6) is 0 Å². The minimum Gasteiger partial charge on any atom is -0.458 e. The fraction of sp³-hybridized carbons (Fsp3) is 0.425. The number of nitrogens with two attached hydrogens (primary N) is 1. The van der Waals surface area contributed by atoms with Gasteiger partial charge in [0.2, 0.25) is 47.3 Å². The average molecular weight is 1420 g/mol. The van der Waals surface area contributed by atoms with Crippen LogP contribution in [0.4, 0.5) is 9.18 Å². The van der Waals surface area contributed by atoms with Gasteiger partial charge < -0.3 is 87.1 Å². The molecule has 5 heterocycles. The number of carbonyl (C=O) groups is 10. The Labute approximate surface area is 588 Å². The molecule has 6 aliphatic rings. The molecule has 8 atom stereocenters. The van der Waals surface area contributed by atoms with Crippen molar-refractivity contribution in [2.45, 2.75) is 157 Å². The van der Waals surface area contributed by atoms with Crippen LogP contribution in [0.1, 0.15) is 127 Å². The molecule has 0 spiro atoms. The van der Waals surface area contributed by atoms with E-state index >= 15 is 4.39 Å². The van der Waals surface area contributed by atoms with Crippen LogP contribution in [0.2, 0.25) is 0 Å². The van der Waals surface area contributed by atoms with E-state index in [1.807, 2.05) is 48.5 Å². The molecular weight excluding hydrogens is 1340 g/mol. The molecule has 12 rings (SSSR count). The predicted molar refractivity (Wildman–Crippen MR) is 364 cm³/mol. The number of pyridine rings is 2. The van der Waals surface area contributed by atoms with Gasteiger partial charge in [0, 0.05) is 47.9 Å². The zero-order valence-electron chi connectivity index (χ0n) is 56.5. The Morgan fingerprint density at radius 1 is 0.767 bits per heavy atom. The summed E-state index contributed by atoms with van der Waals surface area (Å²) in [6.07, 6.45) is -4.93. The van der Waals surface area contributed by atoms with Crippen molar-refractivity contribution in [1.29, 1.82) is 0 Å². The number of esters is 1. The molecule has 6 aromatic rings. The SMILES string of the molecule is CC[C@@]1(O)C(=O)OCc2c1cc1n(c2=O)Cc2c-1nc1cc(F)c(C)c3c1c2[C@@H](NC(=O)CC1(OCNC(=O)CNC(=O)[C@H](Cc2ccccc2)NC(=O)CNC(=O)CNC(=O)[C@H](CCC(=O)NC[C@H]2O[C@@H](CC(N)=O)[C@H](O)[C@@H]2O)NC(=O)OCC2c4ccccc4-c4ccccc42)CCC1)CC3. The Morgan fingerprint density at radius 2 is 1.43 bits per heavy atom. The van der Waals surface area contributed by atoms with Crippen molar-refractivity contribution in [1.82, 2.24) is 52.1 Å². The van der Waals surface area contributed by atoms with Gasteiger partial charge in [-0.25, -0.2) is 19.0 Å². The van der Waals surface area contributed by atoms with Crippen molar-refractivity contribution in [3.8, 4) is 22.5 Å². The smallest absolute Gasteiger partial charge is 0.407 e. The lowest BCUT2D eigenvalue weighted by Crippen LogP contribution is -2.53. The molecule has 542 valence electrons. The minimum absolute atomic E-state index is 0.0383. The molecule has 1 saturated carbocycles. The fourth-order valence-electron chi connectivity index (χ4n) is 14.6. The molecule has 4 aromatic carbocycles. The van der Waals surface area contributed by atoms with Crippen LogP contribution in [0.15, 0.2) is 95.8 Å². The number of primary amides is 1. The van der Waals surface area contributed by atoms with Gasteiger partial charge in [-0.2, -0.15) is 0 Å². The number of hydrogen-bond acceptors (Lipinski definition) is 19. The Balaban J connectivity index is 0.625. The number of hydrogen-bond donors (Lipinski definition) is 12. The number of nitrogens with one attached hydrogen (secondary N) is 8. The molecule has 30 heteroatoms. The topological polar surface area (TPSA) is 425 Å².